The molecule has 0 spiro atoms. The van der Waals surface area contributed by atoms with Crippen molar-refractivity contribution in [3.05, 3.63) is 35.4 Å². The molecule has 2 heteroatoms. The van der Waals surface area contributed by atoms with Gasteiger partial charge in [-0.2, -0.15) is 0 Å². The minimum atomic E-state index is 0.645. The van der Waals surface area contributed by atoms with Crippen LogP contribution in [0.1, 0.15) is 36.8 Å². The van der Waals surface area contributed by atoms with Gasteiger partial charge in [0.15, 0.2) is 0 Å². The van der Waals surface area contributed by atoms with Gasteiger partial charge in [0.05, 0.1) is 0 Å². The van der Waals surface area contributed by atoms with E-state index in [1.54, 1.807) is 0 Å². The third kappa shape index (κ3) is 4.14. The monoisotopic (exact) mass is 232 g/mol. The normalized spacial score (nSPS) is 17.9. The van der Waals surface area contributed by atoms with E-state index < -0.39 is 0 Å². The summed E-state index contributed by atoms with van der Waals surface area (Å²) in [6.45, 7) is 4.44. The molecule has 2 nitrogen and oxygen atoms in total. The lowest BCUT2D eigenvalue weighted by molar-refractivity contribution is 0.289. The topological polar surface area (TPSA) is 29.3 Å². The van der Waals surface area contributed by atoms with Crippen molar-refractivity contribution in [2.24, 2.45) is 5.73 Å². The molecular formula is C15H24N2. The third-order valence-corrected chi connectivity index (χ3v) is 3.67. The van der Waals surface area contributed by atoms with E-state index in [0.717, 1.165) is 0 Å². The van der Waals surface area contributed by atoms with E-state index in [1.165, 1.54) is 62.9 Å². The Labute approximate surface area is 105 Å². The Hall–Kier alpha value is -0.860. The summed E-state index contributed by atoms with van der Waals surface area (Å²) in [5, 5.41) is 0. The molecular weight excluding hydrogens is 208 g/mol. The molecule has 0 unspecified atom stereocenters. The van der Waals surface area contributed by atoms with Crippen LogP contribution >= 0.6 is 0 Å². The molecule has 0 radical (unpaired) electrons. The zero-order valence-corrected chi connectivity index (χ0v) is 10.7. The average Bonchev–Trinajstić information content (AvgIpc) is 2.65. The fourth-order valence-corrected chi connectivity index (χ4v) is 2.49. The minimum Gasteiger partial charge on any atom is -0.326 e. The van der Waals surface area contributed by atoms with Gasteiger partial charge in [-0.3, -0.25) is 0 Å². The minimum absolute atomic E-state index is 0.645. The number of nitrogens with zero attached hydrogens (tertiary/aromatic N) is 1. The van der Waals surface area contributed by atoms with Crippen molar-refractivity contribution in [3.8, 4) is 0 Å². The molecule has 2 N–H and O–H groups in total. The molecule has 1 aliphatic heterocycles. The van der Waals surface area contributed by atoms with E-state index in [-0.39, 0.29) is 0 Å². The molecule has 1 aliphatic rings. The highest BCUT2D eigenvalue weighted by Crippen LogP contribution is 2.11. The second-order valence-corrected chi connectivity index (χ2v) is 5.03. The first kappa shape index (κ1) is 12.6. The standard InChI is InChI=1S/C15H24N2/c16-13-15-7-5-14(6-8-15)9-12-17-10-3-1-2-4-11-17/h5-8H,1-4,9-13,16H2. The average molecular weight is 232 g/mol. The molecule has 0 saturated carbocycles. The first-order chi connectivity index (χ1) is 8.38. The number of hydrogen-bond donors (Lipinski definition) is 1. The molecule has 2 rings (SSSR count). The van der Waals surface area contributed by atoms with Gasteiger partial charge >= 0.3 is 0 Å². The largest absolute Gasteiger partial charge is 0.326 e. The Kier molecular flexibility index (Phi) is 5.02. The van der Waals surface area contributed by atoms with Crippen LogP contribution < -0.4 is 5.73 Å². The van der Waals surface area contributed by atoms with Crippen LogP contribution in [0, 0.1) is 0 Å². The predicted octanol–water partition coefficient (Wildman–Crippen LogP) is 2.56. The van der Waals surface area contributed by atoms with Crippen LogP contribution in [0.4, 0.5) is 0 Å². The summed E-state index contributed by atoms with van der Waals surface area (Å²) in [6, 6.07) is 8.75. The third-order valence-electron chi connectivity index (χ3n) is 3.67. The second kappa shape index (κ2) is 6.77. The Morgan fingerprint density at radius 2 is 1.47 bits per heavy atom. The lowest BCUT2D eigenvalue weighted by Crippen LogP contribution is -2.26. The van der Waals surface area contributed by atoms with Gasteiger partial charge in [0.25, 0.3) is 0 Å². The van der Waals surface area contributed by atoms with Crippen LogP contribution in [-0.2, 0) is 13.0 Å². The van der Waals surface area contributed by atoms with E-state index >= 15 is 0 Å². The Bertz CT molecular complexity index is 310. The van der Waals surface area contributed by atoms with Crippen LogP contribution in [0.2, 0.25) is 0 Å². The number of rotatable bonds is 4. The van der Waals surface area contributed by atoms with E-state index in [4.69, 9.17) is 5.73 Å². The number of hydrogen-bond acceptors (Lipinski definition) is 2. The van der Waals surface area contributed by atoms with Gasteiger partial charge < -0.3 is 10.6 Å². The molecule has 1 fully saturated rings. The van der Waals surface area contributed by atoms with Crippen LogP contribution in [0.25, 0.3) is 0 Å². The van der Waals surface area contributed by atoms with E-state index in [1.807, 2.05) is 0 Å². The zero-order chi connectivity index (χ0) is 11.9. The van der Waals surface area contributed by atoms with Crippen molar-refractivity contribution >= 4 is 0 Å². The molecule has 0 amide bonds. The predicted molar refractivity (Wildman–Crippen MR) is 72.9 cm³/mol. The number of benzene rings is 1. The van der Waals surface area contributed by atoms with Crippen molar-refractivity contribution in [1.82, 2.24) is 4.90 Å². The van der Waals surface area contributed by atoms with Crippen LogP contribution in [-0.4, -0.2) is 24.5 Å². The van der Waals surface area contributed by atoms with Gasteiger partial charge in [-0.25, -0.2) is 0 Å². The molecule has 0 aliphatic carbocycles. The quantitative estimate of drug-likeness (QED) is 0.864. The molecule has 1 aromatic carbocycles. The summed E-state index contributed by atoms with van der Waals surface area (Å²) in [4.78, 5) is 2.61. The summed E-state index contributed by atoms with van der Waals surface area (Å²) in [7, 11) is 0. The van der Waals surface area contributed by atoms with Crippen molar-refractivity contribution in [2.75, 3.05) is 19.6 Å². The summed E-state index contributed by atoms with van der Waals surface area (Å²) in [5.41, 5.74) is 8.26. The fourth-order valence-electron chi connectivity index (χ4n) is 2.49. The van der Waals surface area contributed by atoms with Crippen molar-refractivity contribution in [3.63, 3.8) is 0 Å². The molecule has 17 heavy (non-hydrogen) atoms. The van der Waals surface area contributed by atoms with Gasteiger partial charge in [-0.05, 0) is 43.5 Å². The summed E-state index contributed by atoms with van der Waals surface area (Å²) >= 11 is 0. The SMILES string of the molecule is NCc1ccc(CCN2CCCCCC2)cc1. The molecule has 1 heterocycles. The van der Waals surface area contributed by atoms with E-state index in [2.05, 4.69) is 29.2 Å². The number of likely N-dealkylation sites (tertiary alicyclic amines) is 1. The summed E-state index contributed by atoms with van der Waals surface area (Å²) in [5.74, 6) is 0. The highest BCUT2D eigenvalue weighted by molar-refractivity contribution is 5.22. The fraction of sp³-hybridized carbons (Fsp3) is 0.600. The van der Waals surface area contributed by atoms with Crippen molar-refractivity contribution in [2.45, 2.75) is 38.6 Å². The van der Waals surface area contributed by atoms with Crippen LogP contribution in [0.5, 0.6) is 0 Å². The first-order valence-electron chi connectivity index (χ1n) is 6.89. The molecule has 0 atom stereocenters. The van der Waals surface area contributed by atoms with Crippen molar-refractivity contribution < 1.29 is 0 Å². The number of nitrogens with two attached hydrogens (primary N) is 1. The Balaban J connectivity index is 1.79. The molecule has 1 aromatic rings. The molecule has 0 aromatic heterocycles. The lowest BCUT2D eigenvalue weighted by Gasteiger charge is -2.19. The van der Waals surface area contributed by atoms with Crippen molar-refractivity contribution in [1.29, 1.82) is 0 Å². The summed E-state index contributed by atoms with van der Waals surface area (Å²) in [6.07, 6.45) is 6.77. The highest BCUT2D eigenvalue weighted by Gasteiger charge is 2.08. The van der Waals surface area contributed by atoms with Crippen LogP contribution in [0.15, 0.2) is 24.3 Å². The molecule has 94 valence electrons. The van der Waals surface area contributed by atoms with Gasteiger partial charge in [-0.1, -0.05) is 37.1 Å². The smallest absolute Gasteiger partial charge is 0.0178 e. The van der Waals surface area contributed by atoms with Gasteiger partial charge in [0, 0.05) is 13.1 Å². The molecule has 0 bridgehead atoms. The maximum absolute atomic E-state index is 5.60. The maximum Gasteiger partial charge on any atom is 0.0178 e. The molecule has 1 saturated heterocycles. The second-order valence-electron chi connectivity index (χ2n) is 5.03. The van der Waals surface area contributed by atoms with Gasteiger partial charge in [0.2, 0.25) is 0 Å². The first-order valence-corrected chi connectivity index (χ1v) is 6.89. The van der Waals surface area contributed by atoms with Crippen LogP contribution in [0.3, 0.4) is 0 Å². The van der Waals surface area contributed by atoms with E-state index in [0.29, 0.717) is 6.54 Å². The van der Waals surface area contributed by atoms with E-state index in [9.17, 15) is 0 Å². The highest BCUT2D eigenvalue weighted by atomic mass is 15.1. The van der Waals surface area contributed by atoms with Gasteiger partial charge in [-0.15, -0.1) is 0 Å². The Morgan fingerprint density at radius 3 is 2.06 bits per heavy atom. The Morgan fingerprint density at radius 1 is 0.882 bits per heavy atom. The zero-order valence-electron chi connectivity index (χ0n) is 10.7. The lowest BCUT2D eigenvalue weighted by atomic mass is 10.1. The maximum atomic E-state index is 5.60. The van der Waals surface area contributed by atoms with Gasteiger partial charge in [0.1, 0.15) is 0 Å². The summed E-state index contributed by atoms with van der Waals surface area (Å²) < 4.78 is 0.